The molecule has 0 bridgehead atoms. The van der Waals surface area contributed by atoms with Crippen LogP contribution in [0.25, 0.3) is 11.0 Å². The zero-order valence-electron chi connectivity index (χ0n) is 11.7. The first-order valence-electron chi connectivity index (χ1n) is 7.53. The van der Waals surface area contributed by atoms with Gasteiger partial charge in [-0.1, -0.05) is 19.1 Å². The number of aromatic nitrogens is 2. The maximum absolute atomic E-state index is 4.52. The fraction of sp³-hybridized carbons (Fsp3) is 0.562. The van der Waals surface area contributed by atoms with E-state index in [-0.39, 0.29) is 0 Å². The quantitative estimate of drug-likeness (QED) is 0.908. The summed E-state index contributed by atoms with van der Waals surface area (Å²) in [5.74, 6) is 0. The third-order valence-corrected chi connectivity index (χ3v) is 4.20. The Morgan fingerprint density at radius 1 is 1.32 bits per heavy atom. The molecule has 1 heterocycles. The van der Waals surface area contributed by atoms with Gasteiger partial charge < -0.3 is 9.88 Å². The van der Waals surface area contributed by atoms with E-state index in [2.05, 4.69) is 46.1 Å². The topological polar surface area (TPSA) is 29.9 Å². The van der Waals surface area contributed by atoms with Gasteiger partial charge in [-0.3, -0.25) is 0 Å². The summed E-state index contributed by atoms with van der Waals surface area (Å²) < 4.78 is 2.38. The largest absolute Gasteiger partial charge is 0.327 e. The third-order valence-electron chi connectivity index (χ3n) is 4.20. The molecule has 19 heavy (non-hydrogen) atoms. The molecule has 0 radical (unpaired) electrons. The summed E-state index contributed by atoms with van der Waals surface area (Å²) in [5, 5.41) is 3.68. The molecule has 3 heteroatoms. The van der Waals surface area contributed by atoms with Crippen LogP contribution in [0, 0.1) is 0 Å². The monoisotopic (exact) mass is 257 g/mol. The van der Waals surface area contributed by atoms with Crippen LogP contribution in [-0.4, -0.2) is 22.1 Å². The normalized spacial score (nSPS) is 23.8. The van der Waals surface area contributed by atoms with E-state index in [1.165, 1.54) is 37.6 Å². The van der Waals surface area contributed by atoms with E-state index >= 15 is 0 Å². The molecule has 1 saturated carbocycles. The molecule has 1 aromatic heterocycles. The van der Waals surface area contributed by atoms with Crippen LogP contribution in [0.15, 0.2) is 30.6 Å². The molecular formula is C16H23N3. The van der Waals surface area contributed by atoms with Gasteiger partial charge in [0.25, 0.3) is 0 Å². The molecule has 1 aliphatic rings. The lowest BCUT2D eigenvalue weighted by Gasteiger charge is -2.31. The Hall–Kier alpha value is -1.35. The van der Waals surface area contributed by atoms with Gasteiger partial charge in [0.1, 0.15) is 0 Å². The van der Waals surface area contributed by atoms with Crippen LogP contribution in [0.5, 0.6) is 0 Å². The Kier molecular flexibility index (Phi) is 3.83. The van der Waals surface area contributed by atoms with E-state index in [1.807, 2.05) is 6.33 Å². The fourth-order valence-corrected chi connectivity index (χ4v) is 3.22. The highest BCUT2D eigenvalue weighted by atomic mass is 15.1. The molecule has 2 aromatic rings. The molecule has 1 aromatic carbocycles. The zero-order chi connectivity index (χ0) is 13.1. The number of hydrogen-bond acceptors (Lipinski definition) is 2. The van der Waals surface area contributed by atoms with E-state index in [9.17, 15) is 0 Å². The molecule has 3 rings (SSSR count). The van der Waals surface area contributed by atoms with Gasteiger partial charge in [-0.05, 0) is 50.8 Å². The SMILES string of the molecule is CCCNC1CCCC(n2cnc3ccccc32)C1. The zero-order valence-corrected chi connectivity index (χ0v) is 11.7. The maximum atomic E-state index is 4.52. The summed E-state index contributed by atoms with van der Waals surface area (Å²) in [6.07, 6.45) is 8.40. The molecule has 0 amide bonds. The smallest absolute Gasteiger partial charge is 0.0960 e. The second kappa shape index (κ2) is 5.74. The molecule has 0 saturated heterocycles. The van der Waals surface area contributed by atoms with Gasteiger partial charge in [-0.15, -0.1) is 0 Å². The van der Waals surface area contributed by atoms with Crippen molar-refractivity contribution in [1.82, 2.24) is 14.9 Å². The van der Waals surface area contributed by atoms with E-state index < -0.39 is 0 Å². The van der Waals surface area contributed by atoms with Crippen molar-refractivity contribution in [3.63, 3.8) is 0 Å². The van der Waals surface area contributed by atoms with Crippen molar-refractivity contribution >= 4 is 11.0 Å². The predicted molar refractivity (Wildman–Crippen MR) is 79.3 cm³/mol. The number of nitrogens with one attached hydrogen (secondary N) is 1. The second-order valence-electron chi connectivity index (χ2n) is 5.61. The summed E-state index contributed by atoms with van der Waals surface area (Å²) >= 11 is 0. The average molecular weight is 257 g/mol. The van der Waals surface area contributed by atoms with Gasteiger partial charge in [-0.2, -0.15) is 0 Å². The Morgan fingerprint density at radius 3 is 3.11 bits per heavy atom. The standard InChI is InChI=1S/C16H23N3/c1-2-10-17-13-6-5-7-14(11-13)19-12-18-15-8-3-4-9-16(15)19/h3-4,8-9,12-14,17H,2,5-7,10-11H2,1H3. The summed E-state index contributed by atoms with van der Waals surface area (Å²) in [7, 11) is 0. The Morgan fingerprint density at radius 2 is 2.21 bits per heavy atom. The first kappa shape index (κ1) is 12.7. The molecular weight excluding hydrogens is 234 g/mol. The molecule has 0 spiro atoms. The number of para-hydroxylation sites is 2. The van der Waals surface area contributed by atoms with Crippen LogP contribution in [0.3, 0.4) is 0 Å². The molecule has 102 valence electrons. The number of benzene rings is 1. The van der Waals surface area contributed by atoms with Crippen molar-refractivity contribution in [2.75, 3.05) is 6.54 Å². The van der Waals surface area contributed by atoms with E-state index in [1.54, 1.807) is 0 Å². The van der Waals surface area contributed by atoms with E-state index in [0.717, 1.165) is 12.1 Å². The lowest BCUT2D eigenvalue weighted by molar-refractivity contribution is 0.289. The van der Waals surface area contributed by atoms with Gasteiger partial charge >= 0.3 is 0 Å². The van der Waals surface area contributed by atoms with Gasteiger partial charge in [0.2, 0.25) is 0 Å². The molecule has 0 aliphatic heterocycles. The van der Waals surface area contributed by atoms with Crippen LogP contribution in [0.1, 0.15) is 45.1 Å². The summed E-state index contributed by atoms with van der Waals surface area (Å²) in [6.45, 7) is 3.37. The fourth-order valence-electron chi connectivity index (χ4n) is 3.22. The molecule has 1 fully saturated rings. The molecule has 2 unspecified atom stereocenters. The van der Waals surface area contributed by atoms with Crippen LogP contribution in [-0.2, 0) is 0 Å². The Balaban J connectivity index is 1.77. The van der Waals surface area contributed by atoms with E-state index in [4.69, 9.17) is 0 Å². The number of nitrogens with zero attached hydrogens (tertiary/aromatic N) is 2. The first-order valence-corrected chi connectivity index (χ1v) is 7.53. The minimum atomic E-state index is 0.607. The maximum Gasteiger partial charge on any atom is 0.0960 e. The lowest BCUT2D eigenvalue weighted by atomic mass is 9.90. The summed E-state index contributed by atoms with van der Waals surface area (Å²) in [5.41, 5.74) is 2.40. The number of fused-ring (bicyclic) bond motifs is 1. The molecule has 2 atom stereocenters. The van der Waals surface area contributed by atoms with Crippen LogP contribution in [0.4, 0.5) is 0 Å². The highest BCUT2D eigenvalue weighted by Gasteiger charge is 2.23. The minimum absolute atomic E-state index is 0.607. The Bertz CT molecular complexity index is 532. The third kappa shape index (κ3) is 2.66. The molecule has 1 aliphatic carbocycles. The van der Waals surface area contributed by atoms with Crippen molar-refractivity contribution in [2.45, 2.75) is 51.1 Å². The number of hydrogen-bond donors (Lipinski definition) is 1. The van der Waals surface area contributed by atoms with Crippen LogP contribution in [0.2, 0.25) is 0 Å². The molecule has 1 N–H and O–H groups in total. The van der Waals surface area contributed by atoms with E-state index in [0.29, 0.717) is 12.1 Å². The van der Waals surface area contributed by atoms with Crippen molar-refractivity contribution in [3.8, 4) is 0 Å². The summed E-state index contributed by atoms with van der Waals surface area (Å²) in [4.78, 5) is 4.52. The van der Waals surface area contributed by atoms with Crippen molar-refractivity contribution in [2.24, 2.45) is 0 Å². The highest BCUT2D eigenvalue weighted by Crippen LogP contribution is 2.31. The van der Waals surface area contributed by atoms with Gasteiger partial charge in [0.05, 0.1) is 17.4 Å². The number of imidazole rings is 1. The average Bonchev–Trinajstić information content (AvgIpc) is 2.89. The van der Waals surface area contributed by atoms with Crippen molar-refractivity contribution < 1.29 is 0 Å². The first-order chi connectivity index (χ1) is 9.38. The van der Waals surface area contributed by atoms with Gasteiger partial charge in [0.15, 0.2) is 0 Å². The highest BCUT2D eigenvalue weighted by molar-refractivity contribution is 5.75. The van der Waals surface area contributed by atoms with Gasteiger partial charge in [0, 0.05) is 12.1 Å². The minimum Gasteiger partial charge on any atom is -0.327 e. The molecule has 3 nitrogen and oxygen atoms in total. The summed E-state index contributed by atoms with van der Waals surface area (Å²) in [6, 6.07) is 9.74. The second-order valence-corrected chi connectivity index (χ2v) is 5.61. The van der Waals surface area contributed by atoms with Gasteiger partial charge in [-0.25, -0.2) is 4.98 Å². The van der Waals surface area contributed by atoms with Crippen molar-refractivity contribution in [3.05, 3.63) is 30.6 Å². The Labute approximate surface area is 115 Å². The van der Waals surface area contributed by atoms with Crippen molar-refractivity contribution in [1.29, 1.82) is 0 Å². The van der Waals surface area contributed by atoms with Crippen LogP contribution >= 0.6 is 0 Å². The number of rotatable bonds is 4. The van der Waals surface area contributed by atoms with Crippen LogP contribution < -0.4 is 5.32 Å². The predicted octanol–water partition coefficient (Wildman–Crippen LogP) is 3.52. The lowest BCUT2D eigenvalue weighted by Crippen LogP contribution is -2.35.